The zero-order valence-electron chi connectivity index (χ0n) is 36.0. The summed E-state index contributed by atoms with van der Waals surface area (Å²) in [6.07, 6.45) is -7.14. The molecule has 0 spiro atoms. The molecule has 0 aliphatic rings. The smallest absolute Gasteiger partial charge is 0.407 e. The van der Waals surface area contributed by atoms with Crippen LogP contribution >= 0.6 is 33.8 Å². The number of amides is 3. The number of aliphatic carboxylic acids is 5. The summed E-state index contributed by atoms with van der Waals surface area (Å²) in [6.45, 7) is 1.04. The van der Waals surface area contributed by atoms with E-state index in [9.17, 15) is 78.0 Å². The van der Waals surface area contributed by atoms with Crippen LogP contribution in [0.15, 0.2) is 30.3 Å². The highest BCUT2D eigenvalue weighted by Gasteiger charge is 2.32. The number of ketones is 3. The number of benzene rings is 1. The van der Waals surface area contributed by atoms with E-state index in [2.05, 4.69) is 31.3 Å². The summed E-state index contributed by atoms with van der Waals surface area (Å²) in [6, 6.07) is 3.68. The molecule has 67 heavy (non-hydrogen) atoms. The number of nitrogens with one attached hydrogen (secondary N) is 5. The Bertz CT molecular complexity index is 1920. The van der Waals surface area contributed by atoms with Gasteiger partial charge in [-0.25, -0.2) is 14.4 Å². The first-order valence-electron chi connectivity index (χ1n) is 20.2. The van der Waals surface area contributed by atoms with E-state index in [4.69, 9.17) is 22.1 Å². The summed E-state index contributed by atoms with van der Waals surface area (Å²) in [4.78, 5) is 145. The second-order valence-electron chi connectivity index (χ2n) is 14.5. The molecule has 0 bridgehead atoms. The summed E-state index contributed by atoms with van der Waals surface area (Å²) in [5.41, 5.74) is 0.553. The highest BCUT2D eigenvalue weighted by molar-refractivity contribution is 8.76. The van der Waals surface area contributed by atoms with Crippen molar-refractivity contribution in [1.82, 2.24) is 26.6 Å². The third-order valence-electron chi connectivity index (χ3n) is 9.03. The van der Waals surface area contributed by atoms with Gasteiger partial charge in [0.1, 0.15) is 30.3 Å². The first kappa shape index (κ1) is 58.7. The summed E-state index contributed by atoms with van der Waals surface area (Å²) >= 11 is 5.00. The zero-order chi connectivity index (χ0) is 50.5. The molecule has 0 aliphatic carbocycles. The molecule has 0 saturated heterocycles. The molecule has 10 N–H and O–H groups in total. The molecule has 27 heteroatoms. The van der Waals surface area contributed by atoms with Crippen LogP contribution in [-0.2, 0) is 68.6 Å². The fourth-order valence-corrected chi connectivity index (χ4v) is 8.04. The van der Waals surface area contributed by atoms with E-state index in [-0.39, 0.29) is 54.9 Å². The summed E-state index contributed by atoms with van der Waals surface area (Å²) in [7, 11) is 2.24. The number of alkyl carbamates (subject to hydrolysis) is 1. The molecule has 0 radical (unpaired) electrons. The average molecular weight is 1000 g/mol. The van der Waals surface area contributed by atoms with Crippen LogP contribution in [0.2, 0.25) is 0 Å². The molecule has 370 valence electrons. The van der Waals surface area contributed by atoms with Gasteiger partial charge in [-0.3, -0.25) is 43.2 Å². The van der Waals surface area contributed by atoms with E-state index < -0.39 is 147 Å². The van der Waals surface area contributed by atoms with Crippen molar-refractivity contribution in [3.8, 4) is 0 Å². The SMILES string of the molecule is CC(=O)CNC(=O)OCCSSC[C@H](CC(=O)[C@H](Cc1ccccc1)NC(=O)[C@H](CC(=O)O)CC(=O)CC[C@H](NC(=O)CC[C@@H](NC(=S)N[C@H](CCC(=O)O)OC=O)C(=O)O)C(=O)O)C(=O)O. The van der Waals surface area contributed by atoms with E-state index in [1.165, 1.54) is 6.92 Å². The second-order valence-corrected chi connectivity index (χ2v) is 17.5. The molecule has 1 aromatic rings. The molecule has 0 fully saturated rings. The Labute approximate surface area is 396 Å². The van der Waals surface area contributed by atoms with Gasteiger partial charge in [0, 0.05) is 43.6 Å². The lowest BCUT2D eigenvalue weighted by atomic mass is 9.92. The van der Waals surface area contributed by atoms with Crippen molar-refractivity contribution >= 4 is 110 Å². The Morgan fingerprint density at radius 2 is 1.34 bits per heavy atom. The van der Waals surface area contributed by atoms with Crippen LogP contribution in [-0.4, -0.2) is 151 Å². The molecule has 1 aromatic carbocycles. The molecular weight excluding hydrogens is 951 g/mol. The Balaban J connectivity index is 2.95. The first-order chi connectivity index (χ1) is 31.6. The lowest BCUT2D eigenvalue weighted by Gasteiger charge is -2.23. The van der Waals surface area contributed by atoms with Crippen molar-refractivity contribution in [3.05, 3.63) is 35.9 Å². The van der Waals surface area contributed by atoms with Crippen molar-refractivity contribution in [3.63, 3.8) is 0 Å². The van der Waals surface area contributed by atoms with Gasteiger partial charge < -0.3 is 61.6 Å². The molecular formula is C40H53N5O19S3. The number of hydrogen-bond acceptors (Lipinski definition) is 17. The number of carbonyl (C=O) groups is 12. The predicted octanol–water partition coefficient (Wildman–Crippen LogP) is 0.532. The van der Waals surface area contributed by atoms with E-state index >= 15 is 0 Å². The summed E-state index contributed by atoms with van der Waals surface area (Å²) in [5, 5.41) is 59.0. The molecule has 24 nitrogen and oxygen atoms in total. The maximum absolute atomic E-state index is 13.7. The van der Waals surface area contributed by atoms with Crippen molar-refractivity contribution in [2.75, 3.05) is 24.7 Å². The minimum absolute atomic E-state index is 0.0200. The number of rotatable bonds is 36. The third-order valence-corrected chi connectivity index (χ3v) is 11.7. The van der Waals surface area contributed by atoms with Gasteiger partial charge in [0.2, 0.25) is 11.8 Å². The molecule has 0 aliphatic heterocycles. The number of carboxylic acids is 5. The minimum atomic E-state index is -1.69. The van der Waals surface area contributed by atoms with Gasteiger partial charge in [-0.1, -0.05) is 51.9 Å². The maximum atomic E-state index is 13.7. The average Bonchev–Trinajstić information content (AvgIpc) is 3.24. The highest BCUT2D eigenvalue weighted by atomic mass is 33.1. The number of hydrogen-bond donors (Lipinski definition) is 10. The molecule has 6 atom stereocenters. The Hall–Kier alpha value is -6.35. The number of carbonyl (C=O) groups excluding carboxylic acids is 7. The largest absolute Gasteiger partial charge is 0.481 e. The number of carboxylic acid groups (broad SMARTS) is 5. The van der Waals surface area contributed by atoms with Crippen LogP contribution < -0.4 is 26.6 Å². The van der Waals surface area contributed by atoms with Gasteiger partial charge in [0.05, 0.1) is 37.3 Å². The van der Waals surface area contributed by atoms with E-state index in [0.29, 0.717) is 5.56 Å². The molecule has 0 heterocycles. The normalized spacial score (nSPS) is 13.3. The monoisotopic (exact) mass is 1000 g/mol. The lowest BCUT2D eigenvalue weighted by molar-refractivity contribution is -0.144. The van der Waals surface area contributed by atoms with Gasteiger partial charge in [-0.15, -0.1) is 0 Å². The van der Waals surface area contributed by atoms with Gasteiger partial charge in [0.25, 0.3) is 6.47 Å². The predicted molar refractivity (Wildman–Crippen MR) is 239 cm³/mol. The molecule has 1 rings (SSSR count). The Morgan fingerprint density at radius 1 is 0.701 bits per heavy atom. The number of Topliss-reactive ketones (excluding diaryl/α,β-unsaturated/α-hetero) is 3. The summed E-state index contributed by atoms with van der Waals surface area (Å²) < 4.78 is 9.60. The van der Waals surface area contributed by atoms with Crippen molar-refractivity contribution in [2.45, 2.75) is 95.5 Å². The van der Waals surface area contributed by atoms with Crippen LogP contribution in [0.5, 0.6) is 0 Å². The minimum Gasteiger partial charge on any atom is -0.481 e. The van der Waals surface area contributed by atoms with E-state index in [1.54, 1.807) is 30.3 Å². The van der Waals surface area contributed by atoms with Crippen LogP contribution in [0.3, 0.4) is 0 Å². The van der Waals surface area contributed by atoms with Gasteiger partial charge >= 0.3 is 35.9 Å². The quantitative estimate of drug-likeness (QED) is 0.0144. The number of ether oxygens (including phenoxy) is 2. The maximum Gasteiger partial charge on any atom is 0.407 e. The van der Waals surface area contributed by atoms with E-state index in [1.807, 2.05) is 0 Å². The fraction of sp³-hybridized carbons (Fsp3) is 0.525. The van der Waals surface area contributed by atoms with Gasteiger partial charge in [0.15, 0.2) is 17.1 Å². The fourth-order valence-electron chi connectivity index (χ4n) is 5.64. The van der Waals surface area contributed by atoms with E-state index in [0.717, 1.165) is 21.6 Å². The van der Waals surface area contributed by atoms with Gasteiger partial charge in [-0.05, 0) is 44.0 Å². The molecule has 0 aromatic heterocycles. The highest BCUT2D eigenvalue weighted by Crippen LogP contribution is 2.26. The third kappa shape index (κ3) is 27.0. The van der Waals surface area contributed by atoms with Crippen LogP contribution in [0.25, 0.3) is 0 Å². The summed E-state index contributed by atoms with van der Waals surface area (Å²) in [5.74, 6) is -13.5. The Kier molecular flexibility index (Phi) is 28.3. The first-order valence-corrected chi connectivity index (χ1v) is 23.1. The second kappa shape index (κ2) is 32.3. The Morgan fingerprint density at radius 3 is 1.93 bits per heavy atom. The van der Waals surface area contributed by atoms with Crippen molar-refractivity contribution in [1.29, 1.82) is 0 Å². The molecule has 3 amide bonds. The molecule has 0 unspecified atom stereocenters. The van der Waals surface area contributed by atoms with Crippen molar-refractivity contribution < 1.29 is 92.5 Å². The molecule has 0 saturated carbocycles. The van der Waals surface area contributed by atoms with Gasteiger partial charge in [-0.2, -0.15) is 0 Å². The zero-order valence-corrected chi connectivity index (χ0v) is 38.5. The topological polar surface area (TPSA) is 385 Å². The van der Waals surface area contributed by atoms with Crippen LogP contribution in [0.1, 0.15) is 70.3 Å². The number of thiocarbonyl (C=S) groups is 1. The lowest BCUT2D eigenvalue weighted by Crippen LogP contribution is -2.50. The van der Waals surface area contributed by atoms with Crippen molar-refractivity contribution in [2.24, 2.45) is 11.8 Å². The van der Waals surface area contributed by atoms with Crippen LogP contribution in [0.4, 0.5) is 4.79 Å². The van der Waals surface area contributed by atoms with Crippen LogP contribution in [0, 0.1) is 11.8 Å². The standard InChI is InChI=1S/C40H53N5O19S3/c1-22(47)19-41-40(62)63-13-14-66-67-20-25(36(56)57)17-30(49)29(15-23-5-3-2-4-6-23)43-35(55)24(18-34(53)54)16-26(48)7-8-27(37(58)59)42-31(50)10-9-28(38(60)61)44-39(65)45-32(64-21-46)11-12-33(51)52/h2-6,21,24-25,27-29,32H,7-20H2,1H3,(H,41,62)(H,42,50)(H,43,55)(H,51,52)(H,53,54)(H,56,57)(H,58,59)(H,60,61)(H2,44,45,65)/t24-,25-,27-,28+,29-,32-/m0/s1.